The lowest BCUT2D eigenvalue weighted by atomic mass is 10.3. The first kappa shape index (κ1) is 17.1. The maximum Gasteiger partial charge on any atom is 0.304 e. The highest BCUT2D eigenvalue weighted by atomic mass is 32.2. The Morgan fingerprint density at radius 1 is 1.33 bits per heavy atom. The molecule has 1 rings (SSSR count). The minimum Gasteiger partial charge on any atom is -0.493 e. The van der Waals surface area contributed by atoms with Gasteiger partial charge >= 0.3 is 5.97 Å². The number of anilines is 1. The van der Waals surface area contributed by atoms with Crippen molar-refractivity contribution in [1.82, 2.24) is 0 Å². The van der Waals surface area contributed by atoms with Crippen molar-refractivity contribution in [1.29, 1.82) is 0 Å². The number of nitrogens with one attached hydrogen (secondary N) is 1. The number of sulfonamides is 1. The topological polar surface area (TPSA) is 122 Å². The highest BCUT2D eigenvalue weighted by Gasteiger charge is 2.14. The van der Waals surface area contributed by atoms with Gasteiger partial charge in [-0.25, -0.2) is 8.42 Å². The average Bonchev–Trinajstić information content (AvgIpc) is 2.43. The predicted octanol–water partition coefficient (Wildman–Crippen LogP) is 0.283. The Bertz CT molecular complexity index is 585. The molecule has 0 aromatic heterocycles. The Kier molecular flexibility index (Phi) is 6.25. The van der Waals surface area contributed by atoms with Crippen molar-refractivity contribution in [3.05, 3.63) is 18.2 Å². The molecule has 118 valence electrons. The van der Waals surface area contributed by atoms with Gasteiger partial charge in [0.1, 0.15) is 6.61 Å². The van der Waals surface area contributed by atoms with Crippen molar-refractivity contribution < 1.29 is 32.9 Å². The summed E-state index contributed by atoms with van der Waals surface area (Å²) in [4.78, 5) is 10.4. The van der Waals surface area contributed by atoms with Crippen LogP contribution in [-0.4, -0.2) is 50.7 Å². The summed E-state index contributed by atoms with van der Waals surface area (Å²) in [6, 6.07) is 4.36. The van der Waals surface area contributed by atoms with E-state index in [1.165, 1.54) is 25.3 Å². The third kappa shape index (κ3) is 5.88. The summed E-state index contributed by atoms with van der Waals surface area (Å²) in [5, 5.41) is 17.2. The summed E-state index contributed by atoms with van der Waals surface area (Å²) in [7, 11) is -2.33. The fourth-order valence-electron chi connectivity index (χ4n) is 1.46. The van der Waals surface area contributed by atoms with Gasteiger partial charge in [-0.1, -0.05) is 0 Å². The summed E-state index contributed by atoms with van der Waals surface area (Å²) in [6.07, 6.45) is -0.487. The van der Waals surface area contributed by atoms with Crippen LogP contribution in [0.15, 0.2) is 18.2 Å². The molecule has 1 aromatic carbocycles. The quantitative estimate of drug-likeness (QED) is 0.597. The number of rotatable bonds is 9. The van der Waals surface area contributed by atoms with E-state index < -0.39 is 28.2 Å². The van der Waals surface area contributed by atoms with Crippen LogP contribution in [-0.2, 0) is 14.8 Å². The van der Waals surface area contributed by atoms with Gasteiger partial charge in [0.2, 0.25) is 10.0 Å². The number of carbonyl (C=O) groups is 1. The van der Waals surface area contributed by atoms with E-state index in [1.807, 2.05) is 0 Å². The van der Waals surface area contributed by atoms with Crippen molar-refractivity contribution >= 4 is 21.7 Å². The van der Waals surface area contributed by atoms with Crippen LogP contribution in [0.5, 0.6) is 11.5 Å². The molecule has 3 N–H and O–H groups in total. The molecule has 0 saturated carbocycles. The molecule has 0 spiro atoms. The molecule has 8 nitrogen and oxygen atoms in total. The number of carboxylic acids is 1. The minimum atomic E-state index is -3.76. The lowest BCUT2D eigenvalue weighted by Gasteiger charge is -2.12. The van der Waals surface area contributed by atoms with E-state index in [-0.39, 0.29) is 24.7 Å². The summed E-state index contributed by atoms with van der Waals surface area (Å²) in [5.41, 5.74) is 0.217. The zero-order chi connectivity index (χ0) is 15.9. The van der Waals surface area contributed by atoms with Gasteiger partial charge in [0.25, 0.3) is 0 Å². The second-order valence-corrected chi connectivity index (χ2v) is 5.84. The Labute approximate surface area is 122 Å². The molecule has 0 aliphatic rings. The van der Waals surface area contributed by atoms with Gasteiger partial charge in [0, 0.05) is 6.07 Å². The summed E-state index contributed by atoms with van der Waals surface area (Å²) >= 11 is 0. The maximum atomic E-state index is 11.7. The minimum absolute atomic E-state index is 0.0333. The van der Waals surface area contributed by atoms with Gasteiger partial charge in [-0.3, -0.25) is 9.52 Å². The van der Waals surface area contributed by atoms with Gasteiger partial charge in [-0.05, 0) is 12.1 Å². The predicted molar refractivity (Wildman–Crippen MR) is 75.2 cm³/mol. The van der Waals surface area contributed by atoms with Gasteiger partial charge in [0.15, 0.2) is 11.5 Å². The molecule has 0 radical (unpaired) electrons. The monoisotopic (exact) mass is 319 g/mol. The SMILES string of the molecule is COc1ccc(NS(=O)(=O)CCC(=O)O)cc1OCCO. The zero-order valence-corrected chi connectivity index (χ0v) is 12.2. The molecule has 0 unspecified atom stereocenters. The first-order valence-electron chi connectivity index (χ1n) is 6.02. The number of benzene rings is 1. The largest absolute Gasteiger partial charge is 0.493 e. The van der Waals surface area contributed by atoms with Gasteiger partial charge < -0.3 is 19.7 Å². The Morgan fingerprint density at radius 3 is 2.62 bits per heavy atom. The molecule has 1 aromatic rings. The van der Waals surface area contributed by atoms with E-state index in [1.54, 1.807) is 0 Å². The van der Waals surface area contributed by atoms with Gasteiger partial charge in [0.05, 0.1) is 31.6 Å². The van der Waals surface area contributed by atoms with Crippen molar-refractivity contribution in [3.8, 4) is 11.5 Å². The van der Waals surface area contributed by atoms with Crippen LogP contribution < -0.4 is 14.2 Å². The number of carboxylic acid groups (broad SMARTS) is 1. The molecule has 0 heterocycles. The second-order valence-electron chi connectivity index (χ2n) is 4.00. The summed E-state index contributed by atoms with van der Waals surface area (Å²) < 4.78 is 35.9. The first-order valence-corrected chi connectivity index (χ1v) is 7.67. The van der Waals surface area contributed by atoms with Crippen LogP contribution in [0.25, 0.3) is 0 Å². The third-order valence-corrected chi connectivity index (χ3v) is 3.66. The Balaban J connectivity index is 2.85. The van der Waals surface area contributed by atoms with Crippen LogP contribution in [0.2, 0.25) is 0 Å². The van der Waals surface area contributed by atoms with E-state index in [9.17, 15) is 13.2 Å². The lowest BCUT2D eigenvalue weighted by molar-refractivity contribution is -0.136. The summed E-state index contributed by atoms with van der Waals surface area (Å²) in [5.74, 6) is -1.06. The van der Waals surface area contributed by atoms with E-state index in [0.29, 0.717) is 5.75 Å². The molecule has 0 aliphatic heterocycles. The summed E-state index contributed by atoms with van der Waals surface area (Å²) in [6.45, 7) is -0.163. The molecular weight excluding hydrogens is 302 g/mol. The molecule has 0 aliphatic carbocycles. The molecule has 0 bridgehead atoms. The van der Waals surface area contributed by atoms with E-state index in [0.717, 1.165) is 0 Å². The van der Waals surface area contributed by atoms with E-state index in [4.69, 9.17) is 19.7 Å². The number of aliphatic carboxylic acids is 1. The number of aliphatic hydroxyl groups excluding tert-OH is 1. The van der Waals surface area contributed by atoms with Crippen molar-refractivity contribution in [2.24, 2.45) is 0 Å². The van der Waals surface area contributed by atoms with Crippen LogP contribution in [0, 0.1) is 0 Å². The molecule has 0 fully saturated rings. The molecule has 0 amide bonds. The lowest BCUT2D eigenvalue weighted by Crippen LogP contribution is -2.19. The zero-order valence-electron chi connectivity index (χ0n) is 11.4. The molecule has 0 saturated heterocycles. The van der Waals surface area contributed by atoms with Crippen molar-refractivity contribution in [3.63, 3.8) is 0 Å². The highest BCUT2D eigenvalue weighted by molar-refractivity contribution is 7.92. The fraction of sp³-hybridized carbons (Fsp3) is 0.417. The first-order chi connectivity index (χ1) is 9.88. The van der Waals surface area contributed by atoms with Gasteiger partial charge in [-0.15, -0.1) is 0 Å². The van der Waals surface area contributed by atoms with Crippen molar-refractivity contribution in [2.45, 2.75) is 6.42 Å². The Morgan fingerprint density at radius 2 is 2.05 bits per heavy atom. The normalized spacial score (nSPS) is 11.0. The highest BCUT2D eigenvalue weighted by Crippen LogP contribution is 2.30. The van der Waals surface area contributed by atoms with Crippen LogP contribution in [0.1, 0.15) is 6.42 Å². The average molecular weight is 319 g/mol. The second kappa shape index (κ2) is 7.70. The smallest absolute Gasteiger partial charge is 0.304 e. The van der Waals surface area contributed by atoms with Gasteiger partial charge in [-0.2, -0.15) is 0 Å². The third-order valence-electron chi connectivity index (χ3n) is 2.37. The fourth-order valence-corrected chi connectivity index (χ4v) is 2.49. The van der Waals surface area contributed by atoms with E-state index >= 15 is 0 Å². The van der Waals surface area contributed by atoms with Crippen LogP contribution in [0.3, 0.4) is 0 Å². The molecule has 21 heavy (non-hydrogen) atoms. The standard InChI is InChI=1S/C12H17NO7S/c1-19-10-3-2-9(8-11(10)20-6-5-14)13-21(17,18)7-4-12(15)16/h2-3,8,13-14H,4-7H2,1H3,(H,15,16). The van der Waals surface area contributed by atoms with E-state index in [2.05, 4.69) is 4.72 Å². The number of ether oxygens (including phenoxy) is 2. The number of hydrogen-bond acceptors (Lipinski definition) is 6. The molecular formula is C12H17NO7S. The van der Waals surface area contributed by atoms with Crippen molar-refractivity contribution in [2.75, 3.05) is 30.8 Å². The maximum absolute atomic E-state index is 11.7. The molecule has 9 heteroatoms. The van der Waals surface area contributed by atoms with Crippen LogP contribution >= 0.6 is 0 Å². The number of hydrogen-bond donors (Lipinski definition) is 3. The number of aliphatic hydroxyl groups is 1. The van der Waals surface area contributed by atoms with Crippen LogP contribution in [0.4, 0.5) is 5.69 Å². The number of methoxy groups -OCH3 is 1. The molecule has 0 atom stereocenters. The Hall–Kier alpha value is -2.00.